The summed E-state index contributed by atoms with van der Waals surface area (Å²) < 4.78 is 6.66. The molecule has 0 unspecified atom stereocenters. The Labute approximate surface area is 152 Å². The minimum Gasteiger partial charge on any atom is -0.452 e. The Bertz CT molecular complexity index is 756. The second-order valence-corrected chi connectivity index (χ2v) is 6.43. The van der Waals surface area contributed by atoms with Gasteiger partial charge in [-0.05, 0) is 26.3 Å². The van der Waals surface area contributed by atoms with Crippen LogP contribution in [0.15, 0.2) is 30.3 Å². The van der Waals surface area contributed by atoms with Crippen LogP contribution in [0, 0.1) is 6.92 Å². The number of esters is 1. The molecule has 1 aromatic heterocycles. The van der Waals surface area contributed by atoms with Gasteiger partial charge in [-0.2, -0.15) is 5.10 Å². The van der Waals surface area contributed by atoms with Crippen molar-refractivity contribution in [1.82, 2.24) is 14.7 Å². The van der Waals surface area contributed by atoms with Crippen molar-refractivity contribution in [1.29, 1.82) is 0 Å². The summed E-state index contributed by atoms with van der Waals surface area (Å²) in [6.45, 7) is 5.57. The fraction of sp³-hybridized carbons (Fsp3) is 0.389. The first-order valence-electron chi connectivity index (χ1n) is 8.00. The molecular weight excluding hydrogens is 342 g/mol. The molecule has 6 nitrogen and oxygen atoms in total. The maximum Gasteiger partial charge on any atom is 0.343 e. The summed E-state index contributed by atoms with van der Waals surface area (Å²) >= 11 is 6.31. The number of carbonyl (C=O) groups is 2. The van der Waals surface area contributed by atoms with Crippen molar-refractivity contribution in [3.8, 4) is 0 Å². The predicted molar refractivity (Wildman–Crippen MR) is 95.7 cm³/mol. The molecular formula is C18H22ClN3O3. The minimum absolute atomic E-state index is 0.0325. The molecule has 7 heteroatoms. The third-order valence-corrected chi connectivity index (χ3v) is 4.32. The van der Waals surface area contributed by atoms with Gasteiger partial charge < -0.3 is 9.64 Å². The number of halogens is 1. The van der Waals surface area contributed by atoms with E-state index in [4.69, 9.17) is 16.3 Å². The zero-order valence-electron chi connectivity index (χ0n) is 14.8. The van der Waals surface area contributed by atoms with Crippen LogP contribution in [0.5, 0.6) is 0 Å². The van der Waals surface area contributed by atoms with Gasteiger partial charge in [0.25, 0.3) is 5.91 Å². The number of hydrogen-bond acceptors (Lipinski definition) is 4. The topological polar surface area (TPSA) is 64.4 Å². The standard InChI is InChI=1S/C18H22ClN3O3/c1-12(2)21(4)15(23)11-25-18(24)16-13(3)20-22(17(16)19)10-14-8-6-5-7-9-14/h5-9,12H,10-11H2,1-4H3. The number of benzene rings is 1. The van der Waals surface area contributed by atoms with Crippen molar-refractivity contribution < 1.29 is 14.3 Å². The Balaban J connectivity index is 2.09. The Morgan fingerprint density at radius 2 is 1.92 bits per heavy atom. The first kappa shape index (κ1) is 19.0. The second kappa shape index (κ2) is 8.16. The largest absolute Gasteiger partial charge is 0.452 e. The summed E-state index contributed by atoms with van der Waals surface area (Å²) in [5, 5.41) is 4.51. The van der Waals surface area contributed by atoms with Crippen molar-refractivity contribution in [2.75, 3.05) is 13.7 Å². The molecule has 2 aromatic rings. The Morgan fingerprint density at radius 1 is 1.28 bits per heavy atom. The molecule has 0 aliphatic carbocycles. The van der Waals surface area contributed by atoms with Gasteiger partial charge in [-0.25, -0.2) is 9.48 Å². The molecule has 1 amide bonds. The highest BCUT2D eigenvalue weighted by Crippen LogP contribution is 2.22. The van der Waals surface area contributed by atoms with Gasteiger partial charge in [0.05, 0.1) is 12.2 Å². The van der Waals surface area contributed by atoms with E-state index in [9.17, 15) is 9.59 Å². The zero-order valence-corrected chi connectivity index (χ0v) is 15.6. The van der Waals surface area contributed by atoms with Crippen molar-refractivity contribution in [2.45, 2.75) is 33.4 Å². The van der Waals surface area contributed by atoms with Crippen LogP contribution in [-0.2, 0) is 16.1 Å². The fourth-order valence-corrected chi connectivity index (χ4v) is 2.55. The van der Waals surface area contributed by atoms with Crippen LogP contribution in [-0.4, -0.2) is 46.3 Å². The van der Waals surface area contributed by atoms with E-state index in [-0.39, 0.29) is 29.3 Å². The molecule has 0 aliphatic rings. The van der Waals surface area contributed by atoms with Crippen molar-refractivity contribution in [3.63, 3.8) is 0 Å². The van der Waals surface area contributed by atoms with E-state index in [1.54, 1.807) is 18.7 Å². The van der Waals surface area contributed by atoms with Crippen molar-refractivity contribution in [2.24, 2.45) is 0 Å². The zero-order chi connectivity index (χ0) is 18.6. The molecule has 0 fully saturated rings. The van der Waals surface area contributed by atoms with E-state index in [1.165, 1.54) is 4.90 Å². The molecule has 0 radical (unpaired) electrons. The molecule has 1 aromatic carbocycles. The fourth-order valence-electron chi connectivity index (χ4n) is 2.24. The molecule has 0 spiro atoms. The van der Waals surface area contributed by atoms with Crippen LogP contribution in [0.25, 0.3) is 0 Å². The molecule has 134 valence electrons. The molecule has 0 saturated heterocycles. The lowest BCUT2D eigenvalue weighted by Gasteiger charge is -2.21. The molecule has 0 atom stereocenters. The molecule has 25 heavy (non-hydrogen) atoms. The van der Waals surface area contributed by atoms with Gasteiger partial charge in [0.15, 0.2) is 6.61 Å². The lowest BCUT2D eigenvalue weighted by atomic mass is 10.2. The summed E-state index contributed by atoms with van der Waals surface area (Å²) in [4.78, 5) is 25.8. The number of rotatable bonds is 6. The van der Waals surface area contributed by atoms with Gasteiger partial charge in [-0.3, -0.25) is 4.79 Å². The molecule has 0 N–H and O–H groups in total. The number of nitrogens with zero attached hydrogens (tertiary/aromatic N) is 3. The van der Waals surface area contributed by atoms with Gasteiger partial charge in [0.1, 0.15) is 10.7 Å². The number of amides is 1. The third kappa shape index (κ3) is 4.60. The van der Waals surface area contributed by atoms with Crippen molar-refractivity contribution >= 4 is 23.5 Å². The van der Waals surface area contributed by atoms with E-state index in [1.807, 2.05) is 44.2 Å². The lowest BCUT2D eigenvalue weighted by molar-refractivity contribution is -0.134. The summed E-state index contributed by atoms with van der Waals surface area (Å²) in [5.41, 5.74) is 1.67. The highest BCUT2D eigenvalue weighted by Gasteiger charge is 2.23. The average molecular weight is 364 g/mol. The number of hydrogen-bond donors (Lipinski definition) is 0. The van der Waals surface area contributed by atoms with E-state index < -0.39 is 5.97 Å². The van der Waals surface area contributed by atoms with Crippen LogP contribution in [0.1, 0.15) is 35.5 Å². The quantitative estimate of drug-likeness (QED) is 0.740. The van der Waals surface area contributed by atoms with E-state index in [2.05, 4.69) is 5.10 Å². The normalized spacial score (nSPS) is 10.8. The summed E-state index contributed by atoms with van der Waals surface area (Å²) in [7, 11) is 1.66. The Hall–Kier alpha value is -2.34. The van der Waals surface area contributed by atoms with E-state index in [0.29, 0.717) is 12.2 Å². The van der Waals surface area contributed by atoms with E-state index >= 15 is 0 Å². The molecule has 0 aliphatic heterocycles. The van der Waals surface area contributed by atoms with E-state index in [0.717, 1.165) is 5.56 Å². The molecule has 0 saturated carbocycles. The molecule has 1 heterocycles. The predicted octanol–water partition coefficient (Wildman–Crippen LogP) is 2.92. The molecule has 2 rings (SSSR count). The van der Waals surface area contributed by atoms with Gasteiger partial charge >= 0.3 is 5.97 Å². The van der Waals surface area contributed by atoms with Gasteiger partial charge in [0.2, 0.25) is 0 Å². The van der Waals surface area contributed by atoms with Crippen LogP contribution in [0.2, 0.25) is 5.15 Å². The van der Waals surface area contributed by atoms with Crippen LogP contribution >= 0.6 is 11.6 Å². The monoisotopic (exact) mass is 363 g/mol. The van der Waals surface area contributed by atoms with Gasteiger partial charge in [0, 0.05) is 13.1 Å². The Morgan fingerprint density at radius 3 is 2.52 bits per heavy atom. The van der Waals surface area contributed by atoms with Crippen molar-refractivity contribution in [3.05, 3.63) is 52.3 Å². The highest BCUT2D eigenvalue weighted by atomic mass is 35.5. The first-order chi connectivity index (χ1) is 11.8. The SMILES string of the molecule is Cc1nn(Cc2ccccc2)c(Cl)c1C(=O)OCC(=O)N(C)C(C)C. The maximum atomic E-state index is 12.3. The molecule has 0 bridgehead atoms. The lowest BCUT2D eigenvalue weighted by Crippen LogP contribution is -2.36. The summed E-state index contributed by atoms with van der Waals surface area (Å²) in [6, 6.07) is 9.70. The van der Waals surface area contributed by atoms with Gasteiger partial charge in [-0.1, -0.05) is 41.9 Å². The van der Waals surface area contributed by atoms with Crippen LogP contribution < -0.4 is 0 Å². The number of ether oxygens (including phenoxy) is 1. The average Bonchev–Trinajstić information content (AvgIpc) is 2.86. The smallest absolute Gasteiger partial charge is 0.343 e. The number of aromatic nitrogens is 2. The second-order valence-electron chi connectivity index (χ2n) is 6.07. The minimum atomic E-state index is -0.646. The summed E-state index contributed by atoms with van der Waals surface area (Å²) in [5.74, 6) is -0.916. The first-order valence-corrected chi connectivity index (χ1v) is 8.38. The highest BCUT2D eigenvalue weighted by molar-refractivity contribution is 6.32. The maximum absolute atomic E-state index is 12.3. The number of carbonyl (C=O) groups excluding carboxylic acids is 2. The van der Waals surface area contributed by atoms with Crippen LogP contribution in [0.3, 0.4) is 0 Å². The number of likely N-dealkylation sites (N-methyl/N-ethyl adjacent to an activating group) is 1. The Kier molecular flexibility index (Phi) is 6.20. The number of aryl methyl sites for hydroxylation is 1. The third-order valence-electron chi connectivity index (χ3n) is 3.94. The summed E-state index contributed by atoms with van der Waals surface area (Å²) in [6.07, 6.45) is 0. The van der Waals surface area contributed by atoms with Gasteiger partial charge in [-0.15, -0.1) is 0 Å². The van der Waals surface area contributed by atoms with Crippen LogP contribution in [0.4, 0.5) is 0 Å².